The van der Waals surface area contributed by atoms with Crippen LogP contribution in [0.2, 0.25) is 0 Å². The summed E-state index contributed by atoms with van der Waals surface area (Å²) in [7, 11) is 0. The molecular formula is C18H20N2O3. The smallest absolute Gasteiger partial charge is 0.322 e. The van der Waals surface area contributed by atoms with E-state index in [9.17, 15) is 9.90 Å². The molecule has 1 aromatic carbocycles. The number of carbonyl (C=O) groups is 1. The van der Waals surface area contributed by atoms with Crippen LogP contribution in [0, 0.1) is 12.3 Å². The molecular weight excluding hydrogens is 292 g/mol. The van der Waals surface area contributed by atoms with E-state index in [1.165, 1.54) is 0 Å². The Balaban J connectivity index is 2.17. The zero-order chi connectivity index (χ0) is 16.7. The third-order valence-electron chi connectivity index (χ3n) is 3.30. The average molecular weight is 312 g/mol. The molecule has 1 heterocycles. The third kappa shape index (κ3) is 4.90. The molecule has 0 bridgehead atoms. The van der Waals surface area contributed by atoms with Crippen molar-refractivity contribution in [2.45, 2.75) is 26.0 Å². The van der Waals surface area contributed by atoms with Gasteiger partial charge in [0.15, 0.2) is 0 Å². The highest BCUT2D eigenvalue weighted by Crippen LogP contribution is 2.19. The van der Waals surface area contributed by atoms with Crippen molar-refractivity contribution in [3.05, 3.63) is 54.0 Å². The first-order valence-electron chi connectivity index (χ1n) is 7.42. The van der Waals surface area contributed by atoms with Crippen LogP contribution < -0.4 is 10.2 Å². The summed E-state index contributed by atoms with van der Waals surface area (Å²) >= 11 is 0. The number of urea groups is 1. The molecule has 0 spiro atoms. The second kappa shape index (κ2) is 8.06. The Kier molecular flexibility index (Phi) is 5.84. The van der Waals surface area contributed by atoms with Crippen LogP contribution in [-0.4, -0.2) is 23.8 Å². The first kappa shape index (κ1) is 16.7. The highest BCUT2D eigenvalue weighted by Gasteiger charge is 2.17. The minimum Gasteiger partial charge on any atom is -0.467 e. The first-order chi connectivity index (χ1) is 11.1. The summed E-state index contributed by atoms with van der Waals surface area (Å²) in [5, 5.41) is 12.1. The van der Waals surface area contributed by atoms with Gasteiger partial charge < -0.3 is 14.8 Å². The molecule has 0 saturated carbocycles. The van der Waals surface area contributed by atoms with E-state index in [4.69, 9.17) is 10.8 Å². The number of benzene rings is 1. The van der Waals surface area contributed by atoms with Crippen LogP contribution in [0.5, 0.6) is 0 Å². The number of anilines is 1. The number of amides is 2. The maximum absolute atomic E-state index is 12.5. The minimum absolute atomic E-state index is 0.267. The normalized spacial score (nSPS) is 11.5. The van der Waals surface area contributed by atoms with Crippen LogP contribution in [-0.2, 0) is 6.54 Å². The van der Waals surface area contributed by atoms with Crippen molar-refractivity contribution in [1.82, 2.24) is 5.32 Å². The van der Waals surface area contributed by atoms with Gasteiger partial charge in [-0.15, -0.1) is 6.42 Å². The number of aliphatic hydroxyl groups is 1. The minimum atomic E-state index is -0.460. The number of nitrogens with one attached hydrogen (secondary N) is 1. The van der Waals surface area contributed by atoms with Crippen molar-refractivity contribution in [2.24, 2.45) is 0 Å². The quantitative estimate of drug-likeness (QED) is 0.806. The van der Waals surface area contributed by atoms with Gasteiger partial charge in [-0.2, -0.15) is 0 Å². The molecule has 5 nitrogen and oxygen atoms in total. The second-order valence-electron chi connectivity index (χ2n) is 5.23. The highest BCUT2D eigenvalue weighted by atomic mass is 16.3. The predicted octanol–water partition coefficient (Wildman–Crippen LogP) is 2.75. The van der Waals surface area contributed by atoms with Crippen molar-refractivity contribution >= 4 is 11.7 Å². The SMILES string of the molecule is C#Cc1cccc(N(Cc2ccco2)C(=O)NCC[C@@H](C)O)c1. The molecule has 0 fully saturated rings. The number of terminal acetylenes is 1. The van der Waals surface area contributed by atoms with Crippen LogP contribution in [0.3, 0.4) is 0 Å². The monoisotopic (exact) mass is 312 g/mol. The Labute approximate surface area is 135 Å². The lowest BCUT2D eigenvalue weighted by Crippen LogP contribution is -2.40. The van der Waals surface area contributed by atoms with Gasteiger partial charge in [0.25, 0.3) is 0 Å². The Morgan fingerprint density at radius 3 is 2.91 bits per heavy atom. The summed E-state index contributed by atoms with van der Waals surface area (Å²) in [6, 6.07) is 10.5. The van der Waals surface area contributed by atoms with E-state index in [0.29, 0.717) is 36.5 Å². The highest BCUT2D eigenvalue weighted by molar-refractivity contribution is 5.92. The van der Waals surface area contributed by atoms with E-state index in [-0.39, 0.29) is 6.03 Å². The number of aliphatic hydroxyl groups excluding tert-OH is 1. The maximum Gasteiger partial charge on any atom is 0.322 e. The molecule has 0 radical (unpaired) electrons. The number of rotatable bonds is 6. The zero-order valence-electron chi connectivity index (χ0n) is 13.0. The van der Waals surface area contributed by atoms with Gasteiger partial charge in [0, 0.05) is 17.8 Å². The molecule has 2 rings (SSSR count). The van der Waals surface area contributed by atoms with Crippen LogP contribution in [0.25, 0.3) is 0 Å². The van der Waals surface area contributed by atoms with E-state index in [1.807, 2.05) is 12.1 Å². The molecule has 0 unspecified atom stereocenters. The third-order valence-corrected chi connectivity index (χ3v) is 3.30. The van der Waals surface area contributed by atoms with Gasteiger partial charge in [-0.25, -0.2) is 4.79 Å². The molecule has 0 aliphatic carbocycles. The van der Waals surface area contributed by atoms with Gasteiger partial charge in [-0.05, 0) is 43.7 Å². The topological polar surface area (TPSA) is 65.7 Å². The summed E-state index contributed by atoms with van der Waals surface area (Å²) in [5.41, 5.74) is 1.38. The summed E-state index contributed by atoms with van der Waals surface area (Å²) < 4.78 is 5.33. The lowest BCUT2D eigenvalue weighted by molar-refractivity contribution is 0.183. The summed E-state index contributed by atoms with van der Waals surface area (Å²) in [6.07, 6.45) is 7.03. The number of furan rings is 1. The summed E-state index contributed by atoms with van der Waals surface area (Å²) in [4.78, 5) is 14.0. The van der Waals surface area contributed by atoms with Crippen molar-refractivity contribution < 1.29 is 14.3 Å². The molecule has 2 amide bonds. The molecule has 1 atom stereocenters. The van der Waals surface area contributed by atoms with E-state index >= 15 is 0 Å². The molecule has 0 saturated heterocycles. The van der Waals surface area contributed by atoms with E-state index < -0.39 is 6.10 Å². The Bertz CT molecular complexity index is 672. The van der Waals surface area contributed by atoms with Crippen LogP contribution in [0.1, 0.15) is 24.7 Å². The number of hydrogen-bond acceptors (Lipinski definition) is 3. The molecule has 23 heavy (non-hydrogen) atoms. The molecule has 5 heteroatoms. The lowest BCUT2D eigenvalue weighted by Gasteiger charge is -2.22. The zero-order valence-corrected chi connectivity index (χ0v) is 13.0. The standard InChI is InChI=1S/C18H20N2O3/c1-3-15-6-4-7-16(12-15)20(13-17-8-5-11-23-17)18(22)19-10-9-14(2)21/h1,4-8,11-12,14,21H,9-10,13H2,2H3,(H,19,22)/t14-/m1/s1. The second-order valence-corrected chi connectivity index (χ2v) is 5.23. The maximum atomic E-state index is 12.5. The van der Waals surface area contributed by atoms with Crippen LogP contribution in [0.4, 0.5) is 10.5 Å². The van der Waals surface area contributed by atoms with Gasteiger partial charge in [0.1, 0.15) is 5.76 Å². The van der Waals surface area contributed by atoms with Gasteiger partial charge in [-0.1, -0.05) is 12.0 Å². The van der Waals surface area contributed by atoms with Crippen molar-refractivity contribution in [2.75, 3.05) is 11.4 Å². The van der Waals surface area contributed by atoms with Crippen LogP contribution in [0.15, 0.2) is 47.1 Å². The fraction of sp³-hybridized carbons (Fsp3) is 0.278. The Morgan fingerprint density at radius 1 is 1.43 bits per heavy atom. The van der Waals surface area contributed by atoms with Crippen molar-refractivity contribution in [3.63, 3.8) is 0 Å². The molecule has 1 aromatic heterocycles. The Hall–Kier alpha value is -2.71. The molecule has 120 valence electrons. The number of hydrogen-bond donors (Lipinski definition) is 2. The molecule has 2 aromatic rings. The molecule has 2 N–H and O–H groups in total. The van der Waals surface area contributed by atoms with Gasteiger partial charge >= 0.3 is 6.03 Å². The largest absolute Gasteiger partial charge is 0.467 e. The van der Waals surface area contributed by atoms with Crippen molar-refractivity contribution in [1.29, 1.82) is 0 Å². The Morgan fingerprint density at radius 2 is 2.26 bits per heavy atom. The van der Waals surface area contributed by atoms with E-state index in [1.54, 1.807) is 42.4 Å². The number of nitrogens with zero attached hydrogens (tertiary/aromatic N) is 1. The predicted molar refractivity (Wildman–Crippen MR) is 89.0 cm³/mol. The van der Waals surface area contributed by atoms with E-state index in [2.05, 4.69) is 11.2 Å². The fourth-order valence-corrected chi connectivity index (χ4v) is 2.09. The van der Waals surface area contributed by atoms with E-state index in [0.717, 1.165) is 0 Å². The number of carbonyl (C=O) groups excluding carboxylic acids is 1. The van der Waals surface area contributed by atoms with Gasteiger partial charge in [0.05, 0.1) is 18.9 Å². The summed E-state index contributed by atoms with van der Waals surface area (Å²) in [6.45, 7) is 2.37. The summed E-state index contributed by atoms with van der Waals surface area (Å²) in [5.74, 6) is 3.23. The fourth-order valence-electron chi connectivity index (χ4n) is 2.09. The lowest BCUT2D eigenvalue weighted by atomic mass is 10.2. The van der Waals surface area contributed by atoms with Gasteiger partial charge in [-0.3, -0.25) is 4.90 Å². The van der Waals surface area contributed by atoms with Crippen LogP contribution >= 0.6 is 0 Å². The molecule has 0 aliphatic rings. The first-order valence-corrected chi connectivity index (χ1v) is 7.42. The molecule has 0 aliphatic heterocycles. The van der Waals surface area contributed by atoms with Gasteiger partial charge in [0.2, 0.25) is 0 Å². The average Bonchev–Trinajstić information content (AvgIpc) is 3.05. The van der Waals surface area contributed by atoms with Crippen molar-refractivity contribution in [3.8, 4) is 12.3 Å².